The minimum absolute atomic E-state index is 0.905. The number of benzene rings is 10. The van der Waals surface area contributed by atoms with Crippen LogP contribution in [-0.4, -0.2) is 0 Å². The van der Waals surface area contributed by atoms with Crippen LogP contribution < -0.4 is 4.90 Å². The van der Waals surface area contributed by atoms with Crippen LogP contribution in [0.1, 0.15) is 0 Å². The van der Waals surface area contributed by atoms with E-state index in [4.69, 9.17) is 4.42 Å². The first-order chi connectivity index (χ1) is 30.7. The smallest absolute Gasteiger partial charge is 0.143 e. The minimum Gasteiger partial charge on any atom is -0.455 e. The first-order valence-corrected chi connectivity index (χ1v) is 21.2. The number of nitrogens with zero attached hydrogens (tertiary/aromatic N) is 1. The second-order valence-electron chi connectivity index (χ2n) is 15.7. The van der Waals surface area contributed by atoms with Gasteiger partial charge < -0.3 is 9.32 Å². The van der Waals surface area contributed by atoms with Gasteiger partial charge in [0.1, 0.15) is 11.2 Å². The minimum atomic E-state index is 0.905. The topological polar surface area (TPSA) is 16.4 Å². The molecule has 2 nitrogen and oxygen atoms in total. The van der Waals surface area contributed by atoms with Crippen molar-refractivity contribution >= 4 is 39.0 Å². The lowest BCUT2D eigenvalue weighted by molar-refractivity contribution is 0.671. The zero-order chi connectivity index (χ0) is 41.2. The van der Waals surface area contributed by atoms with E-state index < -0.39 is 0 Å². The van der Waals surface area contributed by atoms with Crippen LogP contribution in [0.2, 0.25) is 0 Å². The van der Waals surface area contributed by atoms with E-state index in [1.165, 1.54) is 33.4 Å². The zero-order valence-electron chi connectivity index (χ0n) is 34.0. The average Bonchev–Trinajstić information content (AvgIpc) is 3.75. The number of hydrogen-bond acceptors (Lipinski definition) is 2. The van der Waals surface area contributed by atoms with Crippen LogP contribution in [0.5, 0.6) is 0 Å². The Morgan fingerprint density at radius 1 is 0.226 bits per heavy atom. The predicted octanol–water partition coefficient (Wildman–Crippen LogP) is 17.1. The van der Waals surface area contributed by atoms with Crippen molar-refractivity contribution < 1.29 is 4.42 Å². The Morgan fingerprint density at radius 2 is 0.532 bits per heavy atom. The average molecular weight is 792 g/mol. The molecular weight excluding hydrogens is 751 g/mol. The van der Waals surface area contributed by atoms with Crippen LogP contribution in [0.15, 0.2) is 253 Å². The van der Waals surface area contributed by atoms with Crippen molar-refractivity contribution in [1.82, 2.24) is 0 Å². The number of anilines is 3. The van der Waals surface area contributed by atoms with Gasteiger partial charge in [-0.2, -0.15) is 0 Å². The molecule has 62 heavy (non-hydrogen) atoms. The highest BCUT2D eigenvalue weighted by Crippen LogP contribution is 2.42. The van der Waals surface area contributed by atoms with Gasteiger partial charge in [-0.05, 0) is 104 Å². The van der Waals surface area contributed by atoms with Gasteiger partial charge in [0, 0.05) is 39.0 Å². The highest BCUT2D eigenvalue weighted by Gasteiger charge is 2.17. The van der Waals surface area contributed by atoms with Crippen LogP contribution >= 0.6 is 0 Å². The van der Waals surface area contributed by atoms with Crippen LogP contribution in [0.3, 0.4) is 0 Å². The van der Waals surface area contributed by atoms with Gasteiger partial charge in [-0.15, -0.1) is 0 Å². The first-order valence-electron chi connectivity index (χ1n) is 21.2. The maximum absolute atomic E-state index is 6.78. The van der Waals surface area contributed by atoms with Crippen molar-refractivity contribution in [3.63, 3.8) is 0 Å². The third-order valence-electron chi connectivity index (χ3n) is 11.9. The molecule has 0 saturated carbocycles. The van der Waals surface area contributed by atoms with Crippen molar-refractivity contribution in [1.29, 1.82) is 0 Å². The summed E-state index contributed by atoms with van der Waals surface area (Å²) in [7, 11) is 0. The summed E-state index contributed by atoms with van der Waals surface area (Å²) in [5.74, 6) is 0. The molecule has 1 aromatic heterocycles. The van der Waals surface area contributed by atoms with Gasteiger partial charge in [0.15, 0.2) is 0 Å². The lowest BCUT2D eigenvalue weighted by atomic mass is 9.97. The zero-order valence-corrected chi connectivity index (χ0v) is 34.0. The number of rotatable bonds is 9. The fraction of sp³-hybridized carbons (Fsp3) is 0. The molecule has 11 rings (SSSR count). The lowest BCUT2D eigenvalue weighted by Gasteiger charge is -2.26. The van der Waals surface area contributed by atoms with E-state index >= 15 is 0 Å². The van der Waals surface area contributed by atoms with Crippen LogP contribution in [-0.2, 0) is 0 Å². The molecule has 10 aromatic carbocycles. The van der Waals surface area contributed by atoms with Gasteiger partial charge in [0.05, 0.1) is 0 Å². The Labute approximate surface area is 362 Å². The summed E-state index contributed by atoms with van der Waals surface area (Å²) in [6.07, 6.45) is 0. The second-order valence-corrected chi connectivity index (χ2v) is 15.7. The molecule has 0 aliphatic rings. The monoisotopic (exact) mass is 791 g/mol. The maximum Gasteiger partial charge on any atom is 0.143 e. The van der Waals surface area contributed by atoms with Crippen molar-refractivity contribution in [3.05, 3.63) is 249 Å². The third kappa shape index (κ3) is 7.04. The Kier molecular flexibility index (Phi) is 9.57. The molecule has 0 aliphatic heterocycles. The molecule has 11 aromatic rings. The van der Waals surface area contributed by atoms with Crippen molar-refractivity contribution in [2.45, 2.75) is 0 Å². The summed E-state index contributed by atoms with van der Waals surface area (Å²) in [4.78, 5) is 2.34. The first kappa shape index (κ1) is 36.8. The summed E-state index contributed by atoms with van der Waals surface area (Å²) in [6, 6.07) is 88.8. The van der Waals surface area contributed by atoms with Gasteiger partial charge in [0.2, 0.25) is 0 Å². The standard InChI is InChI=1S/C60H41NO/c1-4-14-42(15-5-1)44-28-34-52(35-29-44)61(53-36-30-45(31-37-53)49-21-10-20-48(40-49)43-16-6-2-7-17-43)54-38-32-46(33-39-54)50-22-11-23-51(41-50)56-25-13-27-58-57-26-12-24-55(59(57)62-60(56)58)47-18-8-3-9-19-47/h1-41H. The van der Waals surface area contributed by atoms with Gasteiger partial charge in [-0.1, -0.05) is 200 Å². The summed E-state index contributed by atoms with van der Waals surface area (Å²) in [5, 5.41) is 2.25. The summed E-state index contributed by atoms with van der Waals surface area (Å²) in [5.41, 5.74) is 19.0. The molecular formula is C60H41NO. The molecule has 292 valence electrons. The highest BCUT2D eigenvalue weighted by molar-refractivity contribution is 6.13. The molecule has 0 unspecified atom stereocenters. The Bertz CT molecular complexity index is 3300. The van der Waals surface area contributed by atoms with E-state index in [9.17, 15) is 0 Å². The van der Waals surface area contributed by atoms with Gasteiger partial charge in [-0.25, -0.2) is 0 Å². The second kappa shape index (κ2) is 16.1. The lowest BCUT2D eigenvalue weighted by Crippen LogP contribution is -2.09. The van der Waals surface area contributed by atoms with Gasteiger partial charge in [-0.3, -0.25) is 0 Å². The summed E-state index contributed by atoms with van der Waals surface area (Å²) >= 11 is 0. The Hall–Kier alpha value is -8.20. The summed E-state index contributed by atoms with van der Waals surface area (Å²) < 4.78 is 6.78. The van der Waals surface area contributed by atoms with E-state index in [0.29, 0.717) is 0 Å². The predicted molar refractivity (Wildman–Crippen MR) is 261 cm³/mol. The van der Waals surface area contributed by atoms with Crippen molar-refractivity contribution in [2.24, 2.45) is 0 Å². The van der Waals surface area contributed by atoms with Crippen LogP contribution in [0.25, 0.3) is 88.7 Å². The molecule has 0 amide bonds. The van der Waals surface area contributed by atoms with E-state index in [-0.39, 0.29) is 0 Å². The molecule has 2 heteroatoms. The molecule has 0 spiro atoms. The van der Waals surface area contributed by atoms with E-state index in [1.54, 1.807) is 0 Å². The molecule has 0 bridgehead atoms. The fourth-order valence-corrected chi connectivity index (χ4v) is 8.75. The van der Waals surface area contributed by atoms with E-state index in [1.807, 2.05) is 6.07 Å². The molecule has 0 N–H and O–H groups in total. The van der Waals surface area contributed by atoms with Crippen molar-refractivity contribution in [3.8, 4) is 66.8 Å². The van der Waals surface area contributed by atoms with Gasteiger partial charge in [0.25, 0.3) is 0 Å². The number of fused-ring (bicyclic) bond motifs is 3. The largest absolute Gasteiger partial charge is 0.455 e. The molecule has 0 radical (unpaired) electrons. The molecule has 1 heterocycles. The SMILES string of the molecule is c1ccc(-c2ccc(N(c3ccc(-c4cccc(-c5ccccc5)c4)cc3)c3ccc(-c4cccc(-c5cccc6c5oc5c(-c7ccccc7)cccc56)c4)cc3)cc2)cc1. The normalized spacial score (nSPS) is 11.2. The quantitative estimate of drug-likeness (QED) is 0.145. The van der Waals surface area contributed by atoms with E-state index in [0.717, 1.165) is 72.4 Å². The van der Waals surface area contributed by atoms with Crippen LogP contribution in [0, 0.1) is 0 Å². The number of hydrogen-bond donors (Lipinski definition) is 0. The Balaban J connectivity index is 0.936. The number of para-hydroxylation sites is 2. The van der Waals surface area contributed by atoms with E-state index in [2.05, 4.69) is 248 Å². The molecule has 0 aliphatic carbocycles. The third-order valence-corrected chi connectivity index (χ3v) is 11.9. The van der Waals surface area contributed by atoms with Crippen LogP contribution in [0.4, 0.5) is 17.1 Å². The van der Waals surface area contributed by atoms with Crippen molar-refractivity contribution in [2.75, 3.05) is 4.90 Å². The maximum atomic E-state index is 6.78. The Morgan fingerprint density at radius 3 is 0.984 bits per heavy atom. The fourth-order valence-electron chi connectivity index (χ4n) is 8.75. The summed E-state index contributed by atoms with van der Waals surface area (Å²) in [6.45, 7) is 0. The highest BCUT2D eigenvalue weighted by atomic mass is 16.3. The van der Waals surface area contributed by atoms with Gasteiger partial charge >= 0.3 is 0 Å². The molecule has 0 fully saturated rings. The molecule has 0 atom stereocenters. The molecule has 0 saturated heterocycles. The number of furan rings is 1.